The van der Waals surface area contributed by atoms with Gasteiger partial charge in [0.2, 0.25) is 0 Å². The first-order valence-electron chi connectivity index (χ1n) is 6.27. The number of rotatable bonds is 1. The van der Waals surface area contributed by atoms with Gasteiger partial charge in [-0.3, -0.25) is 0 Å². The SMILES string of the molecule is N#CC1SC2SC(C#N)C(c3ccc(Cl)cc3)C2C1N. The molecule has 3 nitrogen and oxygen atoms in total. The summed E-state index contributed by atoms with van der Waals surface area (Å²) in [4.78, 5) is 0. The third kappa shape index (κ3) is 2.19. The molecule has 6 atom stereocenters. The molecule has 2 fully saturated rings. The lowest BCUT2D eigenvalue weighted by Gasteiger charge is -2.24. The van der Waals surface area contributed by atoms with Gasteiger partial charge in [-0.05, 0) is 17.7 Å². The van der Waals surface area contributed by atoms with E-state index in [1.165, 1.54) is 0 Å². The van der Waals surface area contributed by atoms with Crippen LogP contribution in [0.3, 0.4) is 0 Å². The number of benzene rings is 1. The van der Waals surface area contributed by atoms with Crippen molar-refractivity contribution in [3.05, 3.63) is 34.9 Å². The number of hydrogen-bond acceptors (Lipinski definition) is 5. The van der Waals surface area contributed by atoms with Crippen LogP contribution >= 0.6 is 35.1 Å². The minimum Gasteiger partial charge on any atom is -0.326 e. The topological polar surface area (TPSA) is 73.6 Å². The molecule has 3 rings (SSSR count). The van der Waals surface area contributed by atoms with Crippen LogP contribution in [0.1, 0.15) is 11.5 Å². The van der Waals surface area contributed by atoms with Crippen LogP contribution in [0.25, 0.3) is 0 Å². The van der Waals surface area contributed by atoms with Gasteiger partial charge in [0.1, 0.15) is 5.25 Å². The predicted octanol–water partition coefficient (Wildman–Crippen LogP) is 2.97. The van der Waals surface area contributed by atoms with E-state index in [4.69, 9.17) is 22.6 Å². The van der Waals surface area contributed by atoms with Crippen LogP contribution in [0, 0.1) is 28.6 Å². The fourth-order valence-corrected chi connectivity index (χ4v) is 6.72. The van der Waals surface area contributed by atoms with Crippen molar-refractivity contribution < 1.29 is 0 Å². The number of fused-ring (bicyclic) bond motifs is 1. The summed E-state index contributed by atoms with van der Waals surface area (Å²) in [5, 5.41) is 19.0. The van der Waals surface area contributed by atoms with Gasteiger partial charge in [0.05, 0.1) is 22.0 Å². The first kappa shape index (κ1) is 14.1. The average Bonchev–Trinajstić information content (AvgIpc) is 2.96. The average molecular weight is 322 g/mol. The van der Waals surface area contributed by atoms with Gasteiger partial charge in [-0.2, -0.15) is 10.5 Å². The van der Waals surface area contributed by atoms with Crippen molar-refractivity contribution in [2.45, 2.75) is 27.0 Å². The van der Waals surface area contributed by atoms with Crippen LogP contribution < -0.4 is 5.73 Å². The molecule has 0 aromatic heterocycles. The molecular weight excluding hydrogens is 310 g/mol. The normalized spacial score (nSPS) is 39.0. The van der Waals surface area contributed by atoms with Gasteiger partial charge in [-0.25, -0.2) is 0 Å². The number of nitriles is 2. The highest BCUT2D eigenvalue weighted by Crippen LogP contribution is 2.59. The molecule has 0 bridgehead atoms. The first-order chi connectivity index (χ1) is 9.65. The van der Waals surface area contributed by atoms with Crippen LogP contribution in [0.4, 0.5) is 0 Å². The third-order valence-corrected chi connectivity index (χ3v) is 7.41. The number of thioether (sulfide) groups is 2. The molecule has 1 aromatic rings. The van der Waals surface area contributed by atoms with E-state index < -0.39 is 0 Å². The Morgan fingerprint density at radius 1 is 1.05 bits per heavy atom. The fourth-order valence-electron chi connectivity index (χ4n) is 2.98. The summed E-state index contributed by atoms with van der Waals surface area (Å²) in [6, 6.07) is 12.1. The van der Waals surface area contributed by atoms with Gasteiger partial charge < -0.3 is 5.73 Å². The van der Waals surface area contributed by atoms with Gasteiger partial charge in [0.25, 0.3) is 0 Å². The summed E-state index contributed by atoms with van der Waals surface area (Å²) in [5.74, 6) is 0.244. The standard InChI is InChI=1S/C14H12ClN3S2/c15-8-3-1-7(2-4-8)11-9(5-16)19-14-12(11)13(18)10(6-17)20-14/h1-4,9-14H,18H2. The maximum absolute atomic E-state index is 9.40. The summed E-state index contributed by atoms with van der Waals surface area (Å²) in [6.45, 7) is 0. The van der Waals surface area contributed by atoms with E-state index in [9.17, 15) is 5.26 Å². The Morgan fingerprint density at radius 3 is 2.25 bits per heavy atom. The minimum absolute atomic E-state index is 0.0770. The molecule has 6 heteroatoms. The van der Waals surface area contributed by atoms with Crippen LogP contribution in [-0.4, -0.2) is 21.1 Å². The van der Waals surface area contributed by atoms with Crippen LogP contribution in [0.2, 0.25) is 5.02 Å². The predicted molar refractivity (Wildman–Crippen MR) is 83.4 cm³/mol. The maximum Gasteiger partial charge on any atom is 0.108 e. The second-order valence-electron chi connectivity index (χ2n) is 4.97. The van der Waals surface area contributed by atoms with Crippen molar-refractivity contribution in [1.29, 1.82) is 10.5 Å². The molecule has 0 radical (unpaired) electrons. The fraction of sp³-hybridized carbons (Fsp3) is 0.429. The zero-order valence-electron chi connectivity index (χ0n) is 10.4. The van der Waals surface area contributed by atoms with Crippen LogP contribution in [0.5, 0.6) is 0 Å². The largest absolute Gasteiger partial charge is 0.326 e. The van der Waals surface area contributed by atoms with Crippen LogP contribution in [-0.2, 0) is 0 Å². The smallest absolute Gasteiger partial charge is 0.108 e. The van der Waals surface area contributed by atoms with E-state index in [0.29, 0.717) is 5.02 Å². The van der Waals surface area contributed by atoms with Crippen molar-refractivity contribution in [2.75, 3.05) is 0 Å². The monoisotopic (exact) mass is 321 g/mol. The Kier molecular flexibility index (Phi) is 3.88. The van der Waals surface area contributed by atoms with E-state index in [2.05, 4.69) is 12.1 Å². The van der Waals surface area contributed by atoms with Gasteiger partial charge >= 0.3 is 0 Å². The lowest BCUT2D eigenvalue weighted by Crippen LogP contribution is -2.38. The third-order valence-electron chi connectivity index (χ3n) is 3.92. The molecule has 0 aliphatic carbocycles. The molecule has 20 heavy (non-hydrogen) atoms. The summed E-state index contributed by atoms with van der Waals surface area (Å²) in [7, 11) is 0. The van der Waals surface area contributed by atoms with Crippen LogP contribution in [0.15, 0.2) is 24.3 Å². The Morgan fingerprint density at radius 2 is 1.65 bits per heavy atom. The highest BCUT2D eigenvalue weighted by Gasteiger charge is 2.54. The van der Waals surface area contributed by atoms with Gasteiger partial charge in [-0.1, -0.05) is 23.7 Å². The molecular formula is C14H12ClN3S2. The number of nitrogens with zero attached hydrogens (tertiary/aromatic N) is 2. The summed E-state index contributed by atoms with van der Waals surface area (Å²) >= 11 is 9.19. The van der Waals surface area contributed by atoms with Crippen molar-refractivity contribution in [1.82, 2.24) is 0 Å². The van der Waals surface area contributed by atoms with Crippen molar-refractivity contribution in [3.8, 4) is 12.1 Å². The second kappa shape index (κ2) is 5.50. The molecule has 2 aliphatic heterocycles. The molecule has 2 aliphatic rings. The Bertz CT molecular complexity index is 592. The van der Waals surface area contributed by atoms with E-state index in [-0.39, 0.29) is 33.0 Å². The van der Waals surface area contributed by atoms with E-state index >= 15 is 0 Å². The van der Waals surface area contributed by atoms with Crippen molar-refractivity contribution in [2.24, 2.45) is 11.7 Å². The lowest BCUT2D eigenvalue weighted by molar-refractivity contribution is 0.424. The highest BCUT2D eigenvalue weighted by molar-refractivity contribution is 8.18. The molecule has 102 valence electrons. The van der Waals surface area contributed by atoms with E-state index in [0.717, 1.165) is 5.56 Å². The van der Waals surface area contributed by atoms with Gasteiger partial charge in [0.15, 0.2) is 0 Å². The second-order valence-corrected chi connectivity index (χ2v) is 8.28. The molecule has 0 amide bonds. The molecule has 2 saturated heterocycles. The molecule has 0 saturated carbocycles. The van der Waals surface area contributed by atoms with E-state index in [1.54, 1.807) is 23.5 Å². The lowest BCUT2D eigenvalue weighted by atomic mass is 9.80. The zero-order valence-corrected chi connectivity index (χ0v) is 12.8. The molecule has 2 heterocycles. The van der Waals surface area contributed by atoms with Gasteiger partial charge in [-0.15, -0.1) is 23.5 Å². The number of nitrogens with two attached hydrogens (primary N) is 1. The number of hydrogen-bond donors (Lipinski definition) is 1. The molecule has 6 unspecified atom stereocenters. The minimum atomic E-state index is -0.179. The molecule has 2 N–H and O–H groups in total. The van der Waals surface area contributed by atoms with E-state index in [1.807, 2.05) is 24.3 Å². The van der Waals surface area contributed by atoms with Crippen molar-refractivity contribution >= 4 is 35.1 Å². The Labute approximate surface area is 131 Å². The summed E-state index contributed by atoms with van der Waals surface area (Å²) in [5.41, 5.74) is 7.35. The highest BCUT2D eigenvalue weighted by atomic mass is 35.5. The Balaban J connectivity index is 1.97. The Hall–Kier alpha value is -0.850. The molecule has 1 aromatic carbocycles. The number of halogens is 1. The van der Waals surface area contributed by atoms with Crippen molar-refractivity contribution in [3.63, 3.8) is 0 Å². The maximum atomic E-state index is 9.40. The summed E-state index contributed by atoms with van der Waals surface area (Å²) in [6.07, 6.45) is 0. The first-order valence-corrected chi connectivity index (χ1v) is 8.53. The quantitative estimate of drug-likeness (QED) is 0.860. The summed E-state index contributed by atoms with van der Waals surface area (Å²) < 4.78 is 0.236. The molecule has 0 spiro atoms. The zero-order chi connectivity index (χ0) is 14.3. The van der Waals surface area contributed by atoms with Gasteiger partial charge in [0, 0.05) is 22.9 Å².